The van der Waals surface area contributed by atoms with Gasteiger partial charge in [0.15, 0.2) is 0 Å². The Morgan fingerprint density at radius 1 is 1.18 bits per heavy atom. The van der Waals surface area contributed by atoms with Crippen molar-refractivity contribution in [3.05, 3.63) is 29.8 Å². The number of nitrogens with one attached hydrogen (secondary N) is 2. The minimum absolute atomic E-state index is 0.0474. The van der Waals surface area contributed by atoms with Gasteiger partial charge in [-0.25, -0.2) is 0 Å². The normalized spacial score (nSPS) is 11.5. The molecule has 0 aliphatic carbocycles. The molecule has 2 amide bonds. The molecule has 1 aromatic rings. The summed E-state index contributed by atoms with van der Waals surface area (Å²) >= 11 is 1.63. The first-order chi connectivity index (χ1) is 10.4. The van der Waals surface area contributed by atoms with E-state index < -0.39 is 5.97 Å². The number of rotatable bonds is 8. The van der Waals surface area contributed by atoms with Crippen molar-refractivity contribution < 1.29 is 19.5 Å². The Balaban J connectivity index is 2.47. The third-order valence-corrected chi connectivity index (χ3v) is 3.89. The molecular formula is C15H20N2O4S. The Bertz CT molecular complexity index is 531. The number of thioether (sulfide) groups is 1. The zero-order chi connectivity index (χ0) is 16.5. The highest BCUT2D eigenvalue weighted by atomic mass is 32.2. The molecule has 0 bridgehead atoms. The van der Waals surface area contributed by atoms with E-state index in [2.05, 4.69) is 10.6 Å². The molecule has 1 unspecified atom stereocenters. The maximum Gasteiger partial charge on any atom is 0.322 e. The molecule has 0 spiro atoms. The Labute approximate surface area is 133 Å². The Hall–Kier alpha value is -2.02. The number of benzene rings is 1. The average molecular weight is 324 g/mol. The van der Waals surface area contributed by atoms with Crippen molar-refractivity contribution >= 4 is 35.2 Å². The number of carbonyl (C=O) groups excluding carboxylic acids is 2. The summed E-state index contributed by atoms with van der Waals surface area (Å²) in [5.74, 6) is -1.48. The second-order valence-electron chi connectivity index (χ2n) is 4.84. The van der Waals surface area contributed by atoms with Gasteiger partial charge >= 0.3 is 5.97 Å². The van der Waals surface area contributed by atoms with E-state index in [-0.39, 0.29) is 30.0 Å². The monoisotopic (exact) mass is 324 g/mol. The van der Waals surface area contributed by atoms with Crippen molar-refractivity contribution in [3.8, 4) is 0 Å². The van der Waals surface area contributed by atoms with Crippen LogP contribution >= 0.6 is 11.8 Å². The second kappa shape index (κ2) is 9.09. The van der Waals surface area contributed by atoms with Crippen LogP contribution in [0.4, 0.5) is 5.69 Å². The van der Waals surface area contributed by atoms with Gasteiger partial charge in [-0.05, 0) is 24.0 Å². The van der Waals surface area contributed by atoms with Crippen molar-refractivity contribution in [3.63, 3.8) is 0 Å². The zero-order valence-electron chi connectivity index (χ0n) is 12.6. The van der Waals surface area contributed by atoms with Gasteiger partial charge in [0.1, 0.15) is 6.54 Å². The van der Waals surface area contributed by atoms with Crippen molar-refractivity contribution in [2.24, 2.45) is 0 Å². The SMILES string of the molecule is CSC(C)CC(=O)Nc1ccc(CC(=O)NCC(=O)O)cc1. The number of hydrogen-bond acceptors (Lipinski definition) is 4. The molecule has 1 aromatic carbocycles. The van der Waals surface area contributed by atoms with Crippen molar-refractivity contribution in [1.29, 1.82) is 0 Å². The highest BCUT2D eigenvalue weighted by molar-refractivity contribution is 7.99. The zero-order valence-corrected chi connectivity index (χ0v) is 13.4. The average Bonchev–Trinajstić information content (AvgIpc) is 2.47. The molecule has 1 rings (SSSR count). The first-order valence-corrected chi connectivity index (χ1v) is 8.09. The Kier molecular flexibility index (Phi) is 7.45. The molecule has 0 fully saturated rings. The summed E-state index contributed by atoms with van der Waals surface area (Å²) in [6, 6.07) is 6.91. The summed E-state index contributed by atoms with van der Waals surface area (Å²) in [7, 11) is 0. The van der Waals surface area contributed by atoms with E-state index in [1.54, 1.807) is 36.0 Å². The molecule has 3 N–H and O–H groups in total. The molecule has 0 aromatic heterocycles. The molecule has 7 heteroatoms. The molecule has 0 aliphatic heterocycles. The molecule has 22 heavy (non-hydrogen) atoms. The predicted molar refractivity (Wildman–Crippen MR) is 87.0 cm³/mol. The van der Waals surface area contributed by atoms with Gasteiger partial charge in [-0.3, -0.25) is 14.4 Å². The first kappa shape index (κ1) is 18.0. The maximum absolute atomic E-state index is 11.7. The van der Waals surface area contributed by atoms with Crippen LogP contribution < -0.4 is 10.6 Å². The summed E-state index contributed by atoms with van der Waals surface area (Å²) in [5, 5.41) is 13.8. The number of carboxylic acid groups (broad SMARTS) is 1. The van der Waals surface area contributed by atoms with Crippen LogP contribution in [0.2, 0.25) is 0 Å². The van der Waals surface area contributed by atoms with Crippen LogP contribution in [0.15, 0.2) is 24.3 Å². The Morgan fingerprint density at radius 3 is 2.36 bits per heavy atom. The van der Waals surface area contributed by atoms with Crippen LogP contribution in [-0.4, -0.2) is 40.9 Å². The molecule has 1 atom stereocenters. The molecular weight excluding hydrogens is 304 g/mol. The molecule has 0 saturated carbocycles. The lowest BCUT2D eigenvalue weighted by Crippen LogP contribution is -2.30. The van der Waals surface area contributed by atoms with E-state index in [4.69, 9.17) is 5.11 Å². The number of carboxylic acids is 1. The molecule has 0 saturated heterocycles. The topological polar surface area (TPSA) is 95.5 Å². The lowest BCUT2D eigenvalue weighted by Gasteiger charge is -2.09. The summed E-state index contributed by atoms with van der Waals surface area (Å²) in [6.07, 6.45) is 2.51. The van der Waals surface area contributed by atoms with Gasteiger partial charge in [-0.1, -0.05) is 19.1 Å². The minimum Gasteiger partial charge on any atom is -0.480 e. The van der Waals surface area contributed by atoms with E-state index in [1.165, 1.54) is 0 Å². The van der Waals surface area contributed by atoms with Crippen molar-refractivity contribution in [1.82, 2.24) is 5.32 Å². The van der Waals surface area contributed by atoms with E-state index >= 15 is 0 Å². The van der Waals surface area contributed by atoms with Gasteiger partial charge in [0.05, 0.1) is 6.42 Å². The predicted octanol–water partition coefficient (Wildman–Crippen LogP) is 1.51. The summed E-state index contributed by atoms with van der Waals surface area (Å²) in [4.78, 5) is 33.6. The smallest absolute Gasteiger partial charge is 0.322 e. The fraction of sp³-hybridized carbons (Fsp3) is 0.400. The fourth-order valence-electron chi connectivity index (χ4n) is 1.68. The van der Waals surface area contributed by atoms with Gasteiger partial charge in [-0.15, -0.1) is 0 Å². The van der Waals surface area contributed by atoms with E-state index in [1.807, 2.05) is 13.2 Å². The van der Waals surface area contributed by atoms with Crippen LogP contribution in [0.5, 0.6) is 0 Å². The van der Waals surface area contributed by atoms with E-state index in [9.17, 15) is 14.4 Å². The Morgan fingerprint density at radius 2 is 1.82 bits per heavy atom. The molecule has 6 nitrogen and oxygen atoms in total. The third-order valence-electron chi connectivity index (χ3n) is 2.91. The molecule has 0 aliphatic rings. The largest absolute Gasteiger partial charge is 0.480 e. The number of amides is 2. The van der Waals surface area contributed by atoms with E-state index in [0.717, 1.165) is 5.56 Å². The number of hydrogen-bond donors (Lipinski definition) is 3. The third kappa shape index (κ3) is 7.12. The minimum atomic E-state index is -1.08. The molecule has 0 radical (unpaired) electrons. The summed E-state index contributed by atoms with van der Waals surface area (Å²) in [6.45, 7) is 1.60. The van der Waals surface area contributed by atoms with Gasteiger partial charge < -0.3 is 15.7 Å². The van der Waals surface area contributed by atoms with Gasteiger partial charge in [-0.2, -0.15) is 11.8 Å². The van der Waals surface area contributed by atoms with Crippen LogP contribution in [0.3, 0.4) is 0 Å². The number of carbonyl (C=O) groups is 3. The van der Waals surface area contributed by atoms with Crippen LogP contribution in [0, 0.1) is 0 Å². The van der Waals surface area contributed by atoms with Crippen molar-refractivity contribution in [2.75, 3.05) is 18.1 Å². The highest BCUT2D eigenvalue weighted by Crippen LogP contribution is 2.13. The summed E-state index contributed by atoms with van der Waals surface area (Å²) in [5.41, 5.74) is 1.42. The standard InChI is InChI=1S/C15H20N2O4S/c1-10(22-2)7-14(19)17-12-5-3-11(4-6-12)8-13(18)16-9-15(20)21/h3-6,10H,7-9H2,1-2H3,(H,16,18)(H,17,19)(H,20,21). The van der Waals surface area contributed by atoms with Gasteiger partial charge in [0, 0.05) is 17.4 Å². The van der Waals surface area contributed by atoms with Gasteiger partial charge in [0.25, 0.3) is 0 Å². The quantitative estimate of drug-likeness (QED) is 0.674. The maximum atomic E-state index is 11.7. The summed E-state index contributed by atoms with van der Waals surface area (Å²) < 4.78 is 0. The lowest BCUT2D eigenvalue weighted by molar-refractivity contribution is -0.137. The van der Waals surface area contributed by atoms with Crippen LogP contribution in [-0.2, 0) is 20.8 Å². The van der Waals surface area contributed by atoms with Gasteiger partial charge in [0.2, 0.25) is 11.8 Å². The van der Waals surface area contributed by atoms with Crippen LogP contribution in [0.25, 0.3) is 0 Å². The fourth-order valence-corrected chi connectivity index (χ4v) is 2.00. The molecule has 120 valence electrons. The number of aliphatic carboxylic acids is 1. The van der Waals surface area contributed by atoms with Crippen molar-refractivity contribution in [2.45, 2.75) is 25.0 Å². The highest BCUT2D eigenvalue weighted by Gasteiger charge is 2.09. The number of anilines is 1. The molecule has 0 heterocycles. The second-order valence-corrected chi connectivity index (χ2v) is 6.12. The van der Waals surface area contributed by atoms with E-state index in [0.29, 0.717) is 12.1 Å². The first-order valence-electron chi connectivity index (χ1n) is 6.80. The van der Waals surface area contributed by atoms with Crippen LogP contribution in [0.1, 0.15) is 18.9 Å². The lowest BCUT2D eigenvalue weighted by atomic mass is 10.1.